The van der Waals surface area contributed by atoms with Crippen LogP contribution in [0.25, 0.3) is 21.7 Å². The average Bonchev–Trinajstić information content (AvgIpc) is 2.75. The summed E-state index contributed by atoms with van der Waals surface area (Å²) in [7, 11) is 0. The van der Waals surface area contributed by atoms with Crippen LogP contribution in [0, 0.1) is 0 Å². The van der Waals surface area contributed by atoms with Crippen LogP contribution in [0.1, 0.15) is 26.3 Å². The van der Waals surface area contributed by atoms with Crippen molar-refractivity contribution in [2.24, 2.45) is 0 Å². The second kappa shape index (κ2) is 3.33. The van der Waals surface area contributed by atoms with Crippen LogP contribution in [-0.2, 0) is 5.41 Å². The van der Waals surface area contributed by atoms with E-state index in [0.717, 1.165) is 5.52 Å². The molecule has 2 aromatic carbocycles. The van der Waals surface area contributed by atoms with E-state index in [2.05, 4.69) is 61.3 Å². The lowest BCUT2D eigenvalue weighted by molar-refractivity contribution is 0.591. The summed E-state index contributed by atoms with van der Waals surface area (Å²) in [6.07, 6.45) is 1.90. The van der Waals surface area contributed by atoms with Crippen molar-refractivity contribution in [3.8, 4) is 0 Å². The van der Waals surface area contributed by atoms with Crippen molar-refractivity contribution in [2.75, 3.05) is 0 Å². The molecule has 0 amide bonds. The highest BCUT2D eigenvalue weighted by molar-refractivity contribution is 6.06. The van der Waals surface area contributed by atoms with Gasteiger partial charge in [-0.25, -0.2) is 0 Å². The maximum atomic E-state index is 4.10. The Morgan fingerprint density at radius 3 is 2.59 bits per heavy atom. The van der Waals surface area contributed by atoms with Crippen LogP contribution in [0.15, 0.2) is 36.5 Å². The highest BCUT2D eigenvalue weighted by Crippen LogP contribution is 2.29. The summed E-state index contributed by atoms with van der Waals surface area (Å²) >= 11 is 0. The van der Waals surface area contributed by atoms with E-state index < -0.39 is 0 Å². The molecule has 0 saturated heterocycles. The Balaban J connectivity index is 2.34. The van der Waals surface area contributed by atoms with Crippen molar-refractivity contribution in [1.82, 2.24) is 10.2 Å². The Kier molecular flexibility index (Phi) is 2.02. The highest BCUT2D eigenvalue weighted by Gasteiger charge is 2.14. The number of nitrogens with one attached hydrogen (secondary N) is 1. The van der Waals surface area contributed by atoms with Gasteiger partial charge in [0.25, 0.3) is 0 Å². The molecule has 1 N–H and O–H groups in total. The van der Waals surface area contributed by atoms with Crippen LogP contribution in [0.5, 0.6) is 0 Å². The molecule has 86 valence electrons. The van der Waals surface area contributed by atoms with E-state index in [9.17, 15) is 0 Å². The Morgan fingerprint density at radius 2 is 1.82 bits per heavy atom. The molecule has 0 saturated carbocycles. The predicted molar refractivity (Wildman–Crippen MR) is 72.3 cm³/mol. The Morgan fingerprint density at radius 1 is 1.00 bits per heavy atom. The predicted octanol–water partition coefficient (Wildman–Crippen LogP) is 4.01. The molecular formula is C15H16N2. The first kappa shape index (κ1) is 10.3. The first-order chi connectivity index (χ1) is 8.05. The highest BCUT2D eigenvalue weighted by atomic mass is 15.1. The maximum Gasteiger partial charge on any atom is 0.0656 e. The summed E-state index contributed by atoms with van der Waals surface area (Å²) < 4.78 is 0. The van der Waals surface area contributed by atoms with E-state index in [1.54, 1.807) is 0 Å². The molecule has 3 aromatic rings. The summed E-state index contributed by atoms with van der Waals surface area (Å²) in [6, 6.07) is 11.0. The number of fused-ring (bicyclic) bond motifs is 3. The van der Waals surface area contributed by atoms with Crippen molar-refractivity contribution < 1.29 is 0 Å². The van der Waals surface area contributed by atoms with Gasteiger partial charge in [-0.3, -0.25) is 5.10 Å². The second-order valence-electron chi connectivity index (χ2n) is 5.58. The van der Waals surface area contributed by atoms with Crippen LogP contribution in [0.2, 0.25) is 0 Å². The summed E-state index contributed by atoms with van der Waals surface area (Å²) in [4.78, 5) is 0. The third-order valence-corrected chi connectivity index (χ3v) is 3.31. The molecule has 0 aliphatic heterocycles. The van der Waals surface area contributed by atoms with Crippen molar-refractivity contribution in [1.29, 1.82) is 0 Å². The van der Waals surface area contributed by atoms with Gasteiger partial charge in [-0.1, -0.05) is 45.0 Å². The largest absolute Gasteiger partial charge is 0.278 e. The number of benzene rings is 2. The molecule has 0 spiro atoms. The van der Waals surface area contributed by atoms with Gasteiger partial charge in [0.15, 0.2) is 0 Å². The Labute approximate surface area is 101 Å². The van der Waals surface area contributed by atoms with Crippen LogP contribution in [0.3, 0.4) is 0 Å². The SMILES string of the molecule is CC(C)(C)c1ccc2c(ccc3[nH]ncc32)c1. The van der Waals surface area contributed by atoms with E-state index in [0.29, 0.717) is 0 Å². The van der Waals surface area contributed by atoms with Gasteiger partial charge >= 0.3 is 0 Å². The smallest absolute Gasteiger partial charge is 0.0656 e. The summed E-state index contributed by atoms with van der Waals surface area (Å²) in [5.41, 5.74) is 2.66. The van der Waals surface area contributed by atoms with Crippen molar-refractivity contribution in [3.05, 3.63) is 42.1 Å². The third kappa shape index (κ3) is 1.60. The van der Waals surface area contributed by atoms with E-state index in [1.807, 2.05) is 6.20 Å². The number of aromatic nitrogens is 2. The molecule has 0 fully saturated rings. The van der Waals surface area contributed by atoms with Gasteiger partial charge in [0.1, 0.15) is 0 Å². The molecule has 1 heterocycles. The van der Waals surface area contributed by atoms with Crippen LogP contribution < -0.4 is 0 Å². The van der Waals surface area contributed by atoms with Gasteiger partial charge in [-0.2, -0.15) is 5.10 Å². The molecule has 3 rings (SSSR count). The maximum absolute atomic E-state index is 4.10. The Bertz CT molecular complexity index is 687. The van der Waals surface area contributed by atoms with Gasteiger partial charge in [0.2, 0.25) is 0 Å². The number of hydrogen-bond acceptors (Lipinski definition) is 1. The summed E-state index contributed by atoms with van der Waals surface area (Å²) in [6.45, 7) is 6.72. The monoisotopic (exact) mass is 224 g/mol. The standard InChI is InChI=1S/C15H16N2/c1-15(2,3)11-5-6-12-10(8-11)4-7-14-13(12)9-16-17-14/h4-9H,1-3H3,(H,16,17). The third-order valence-electron chi connectivity index (χ3n) is 3.31. The minimum atomic E-state index is 0.194. The summed E-state index contributed by atoms with van der Waals surface area (Å²) in [5.74, 6) is 0. The zero-order valence-electron chi connectivity index (χ0n) is 10.4. The fourth-order valence-corrected chi connectivity index (χ4v) is 2.22. The molecule has 0 aliphatic carbocycles. The number of nitrogens with zero attached hydrogens (tertiary/aromatic N) is 1. The molecule has 0 atom stereocenters. The molecular weight excluding hydrogens is 208 g/mol. The topological polar surface area (TPSA) is 28.7 Å². The lowest BCUT2D eigenvalue weighted by Gasteiger charge is -2.19. The second-order valence-corrected chi connectivity index (χ2v) is 5.58. The van der Waals surface area contributed by atoms with Crippen molar-refractivity contribution in [3.63, 3.8) is 0 Å². The first-order valence-electron chi connectivity index (χ1n) is 5.92. The van der Waals surface area contributed by atoms with E-state index in [4.69, 9.17) is 0 Å². The molecule has 2 heteroatoms. The number of aromatic amines is 1. The van der Waals surface area contributed by atoms with Crippen molar-refractivity contribution in [2.45, 2.75) is 26.2 Å². The zero-order chi connectivity index (χ0) is 12.0. The van der Waals surface area contributed by atoms with E-state index in [-0.39, 0.29) is 5.41 Å². The molecule has 2 nitrogen and oxygen atoms in total. The normalized spacial score (nSPS) is 12.4. The Hall–Kier alpha value is -1.83. The van der Waals surface area contributed by atoms with Crippen LogP contribution in [0.4, 0.5) is 0 Å². The lowest BCUT2D eigenvalue weighted by atomic mass is 9.85. The number of hydrogen-bond donors (Lipinski definition) is 1. The fourth-order valence-electron chi connectivity index (χ4n) is 2.22. The molecule has 0 radical (unpaired) electrons. The van der Waals surface area contributed by atoms with Gasteiger partial charge in [-0.05, 0) is 27.8 Å². The minimum absolute atomic E-state index is 0.194. The van der Waals surface area contributed by atoms with Crippen molar-refractivity contribution >= 4 is 21.7 Å². The van der Waals surface area contributed by atoms with Crippen LogP contribution in [-0.4, -0.2) is 10.2 Å². The van der Waals surface area contributed by atoms with Gasteiger partial charge in [0, 0.05) is 5.39 Å². The molecule has 0 bridgehead atoms. The number of rotatable bonds is 0. The molecule has 1 aromatic heterocycles. The summed E-state index contributed by atoms with van der Waals surface area (Å²) in [5, 5.41) is 10.9. The minimum Gasteiger partial charge on any atom is -0.278 e. The quantitative estimate of drug-likeness (QED) is 0.614. The van der Waals surface area contributed by atoms with Gasteiger partial charge < -0.3 is 0 Å². The number of H-pyrrole nitrogens is 1. The fraction of sp³-hybridized carbons (Fsp3) is 0.267. The molecule has 0 unspecified atom stereocenters. The zero-order valence-corrected chi connectivity index (χ0v) is 10.4. The molecule has 17 heavy (non-hydrogen) atoms. The van der Waals surface area contributed by atoms with E-state index in [1.165, 1.54) is 21.7 Å². The average molecular weight is 224 g/mol. The molecule has 0 aliphatic rings. The van der Waals surface area contributed by atoms with Gasteiger partial charge in [0.05, 0.1) is 11.7 Å². The van der Waals surface area contributed by atoms with Gasteiger partial charge in [-0.15, -0.1) is 0 Å². The van der Waals surface area contributed by atoms with Crippen LogP contribution >= 0.6 is 0 Å². The first-order valence-corrected chi connectivity index (χ1v) is 5.92. The van der Waals surface area contributed by atoms with E-state index >= 15 is 0 Å². The lowest BCUT2D eigenvalue weighted by Crippen LogP contribution is -2.10.